The van der Waals surface area contributed by atoms with Crippen LogP contribution in [0.15, 0.2) is 97.1 Å². The molecule has 0 saturated heterocycles. The van der Waals surface area contributed by atoms with Gasteiger partial charge in [0, 0.05) is 16.4 Å². The van der Waals surface area contributed by atoms with Gasteiger partial charge in [-0.2, -0.15) is 0 Å². The molecule has 34 heavy (non-hydrogen) atoms. The van der Waals surface area contributed by atoms with Crippen LogP contribution in [0, 0.1) is 0 Å². The number of phenolic OH excluding ortho intramolecular Hbond substituents is 1. The monoisotopic (exact) mass is 476 g/mol. The predicted octanol–water partition coefficient (Wildman–Crippen LogP) is 6.62. The third-order valence-corrected chi connectivity index (χ3v) is 4.84. The number of hydrogen-bond acceptors (Lipinski definition) is 5. The zero-order chi connectivity index (χ0) is 24.5. The Hall–Kier alpha value is -4.49. The van der Waals surface area contributed by atoms with E-state index in [0.717, 1.165) is 11.4 Å². The fourth-order valence-corrected chi connectivity index (χ4v) is 3.07. The van der Waals surface area contributed by atoms with Crippen LogP contribution in [-0.4, -0.2) is 27.3 Å². The molecule has 0 aliphatic carbocycles. The van der Waals surface area contributed by atoms with Crippen LogP contribution in [0.3, 0.4) is 0 Å². The van der Waals surface area contributed by atoms with E-state index in [1.54, 1.807) is 78.9 Å². The molecule has 4 aromatic carbocycles. The number of hydrogen-bond donors (Lipinski definition) is 5. The summed E-state index contributed by atoms with van der Waals surface area (Å²) in [4.78, 5) is 22.0. The van der Waals surface area contributed by atoms with Gasteiger partial charge in [-0.1, -0.05) is 35.9 Å². The number of nitrogens with one attached hydrogen (secondary N) is 2. The first-order valence-corrected chi connectivity index (χ1v) is 10.4. The van der Waals surface area contributed by atoms with Gasteiger partial charge in [-0.3, -0.25) is 0 Å². The molecule has 4 rings (SSSR count). The van der Waals surface area contributed by atoms with Gasteiger partial charge in [0.25, 0.3) is 0 Å². The Balaban J connectivity index is 0.000000191. The fourth-order valence-electron chi connectivity index (χ4n) is 2.95. The number of aromatic hydroxyl groups is 1. The highest BCUT2D eigenvalue weighted by Crippen LogP contribution is 2.23. The molecule has 0 heterocycles. The van der Waals surface area contributed by atoms with Gasteiger partial charge in [-0.05, 0) is 72.8 Å². The summed E-state index contributed by atoms with van der Waals surface area (Å²) < 4.78 is 0. The summed E-state index contributed by atoms with van der Waals surface area (Å²) in [5.41, 5.74) is 3.04. The van der Waals surface area contributed by atoms with Crippen LogP contribution in [0.1, 0.15) is 20.7 Å². The van der Waals surface area contributed by atoms with Crippen molar-refractivity contribution in [3.05, 3.63) is 113 Å². The molecule has 0 aromatic heterocycles. The van der Waals surface area contributed by atoms with Crippen molar-refractivity contribution in [1.82, 2.24) is 0 Å². The van der Waals surface area contributed by atoms with Crippen LogP contribution in [-0.2, 0) is 0 Å². The molecule has 8 heteroatoms. The number of para-hydroxylation sites is 2. The summed E-state index contributed by atoms with van der Waals surface area (Å²) in [6, 6.07) is 26.9. The maximum atomic E-state index is 11.0. The molecule has 0 fully saturated rings. The SMILES string of the molecule is O=C(O)c1ccccc1Nc1ccc(Cl)cc1.O=C(O)c1ccccc1Nc1ccc(O)cc1. The Kier molecular flexibility index (Phi) is 8.10. The van der Waals surface area contributed by atoms with E-state index in [0.29, 0.717) is 16.4 Å². The van der Waals surface area contributed by atoms with Gasteiger partial charge in [0.2, 0.25) is 0 Å². The molecule has 0 amide bonds. The number of carboxylic acid groups (broad SMARTS) is 2. The number of carboxylic acids is 2. The first kappa shape index (κ1) is 24.2. The number of anilines is 4. The fraction of sp³-hybridized carbons (Fsp3) is 0. The van der Waals surface area contributed by atoms with E-state index >= 15 is 0 Å². The van der Waals surface area contributed by atoms with Crippen LogP contribution in [0.4, 0.5) is 22.7 Å². The van der Waals surface area contributed by atoms with E-state index in [1.807, 2.05) is 0 Å². The normalized spacial score (nSPS) is 9.91. The molecule has 0 saturated carbocycles. The number of benzene rings is 4. The minimum absolute atomic E-state index is 0.169. The lowest BCUT2D eigenvalue weighted by Gasteiger charge is -2.09. The van der Waals surface area contributed by atoms with E-state index < -0.39 is 11.9 Å². The second-order valence-corrected chi connectivity index (χ2v) is 7.44. The van der Waals surface area contributed by atoms with Crippen molar-refractivity contribution in [2.75, 3.05) is 10.6 Å². The molecule has 0 atom stereocenters. The third kappa shape index (κ3) is 6.75. The number of aromatic carboxylic acids is 2. The average molecular weight is 477 g/mol. The van der Waals surface area contributed by atoms with Gasteiger partial charge in [0.05, 0.1) is 22.5 Å². The molecular formula is C26H21ClN2O5. The zero-order valence-corrected chi connectivity index (χ0v) is 18.5. The number of phenols is 1. The Morgan fingerprint density at radius 2 is 0.971 bits per heavy atom. The predicted molar refractivity (Wildman–Crippen MR) is 133 cm³/mol. The van der Waals surface area contributed by atoms with Crippen molar-refractivity contribution in [1.29, 1.82) is 0 Å². The second-order valence-electron chi connectivity index (χ2n) is 7.01. The molecule has 0 aliphatic heterocycles. The van der Waals surface area contributed by atoms with Crippen molar-refractivity contribution in [2.45, 2.75) is 0 Å². The highest BCUT2D eigenvalue weighted by atomic mass is 35.5. The van der Waals surface area contributed by atoms with Gasteiger partial charge >= 0.3 is 11.9 Å². The average Bonchev–Trinajstić information content (AvgIpc) is 2.83. The lowest BCUT2D eigenvalue weighted by molar-refractivity contribution is 0.0687. The first-order chi connectivity index (χ1) is 16.3. The molecule has 4 aromatic rings. The highest BCUT2D eigenvalue weighted by Gasteiger charge is 2.09. The third-order valence-electron chi connectivity index (χ3n) is 4.58. The zero-order valence-electron chi connectivity index (χ0n) is 17.8. The molecule has 172 valence electrons. The van der Waals surface area contributed by atoms with Crippen LogP contribution in [0.25, 0.3) is 0 Å². The highest BCUT2D eigenvalue weighted by molar-refractivity contribution is 6.30. The smallest absolute Gasteiger partial charge is 0.337 e. The van der Waals surface area contributed by atoms with Gasteiger partial charge in [0.1, 0.15) is 5.75 Å². The topological polar surface area (TPSA) is 119 Å². The van der Waals surface area contributed by atoms with Gasteiger partial charge in [-0.25, -0.2) is 9.59 Å². The largest absolute Gasteiger partial charge is 0.508 e. The van der Waals surface area contributed by atoms with Crippen molar-refractivity contribution >= 4 is 46.3 Å². The van der Waals surface area contributed by atoms with E-state index in [4.69, 9.17) is 26.9 Å². The number of carbonyl (C=O) groups is 2. The quantitative estimate of drug-likeness (QED) is 0.198. The maximum absolute atomic E-state index is 11.0. The Bertz CT molecular complexity index is 1170. The summed E-state index contributed by atoms with van der Waals surface area (Å²) in [6.45, 7) is 0. The van der Waals surface area contributed by atoms with Gasteiger partial charge in [0.15, 0.2) is 0 Å². The minimum atomic E-state index is -0.980. The number of rotatable bonds is 6. The Labute approximate surface area is 200 Å². The van der Waals surface area contributed by atoms with Gasteiger partial charge < -0.3 is 26.0 Å². The van der Waals surface area contributed by atoms with Crippen LogP contribution in [0.5, 0.6) is 5.75 Å². The van der Waals surface area contributed by atoms with Crippen molar-refractivity contribution in [2.24, 2.45) is 0 Å². The van der Waals surface area contributed by atoms with Crippen molar-refractivity contribution < 1.29 is 24.9 Å². The second kappa shape index (κ2) is 11.4. The molecule has 0 bridgehead atoms. The minimum Gasteiger partial charge on any atom is -0.508 e. The van der Waals surface area contributed by atoms with E-state index in [2.05, 4.69) is 10.6 Å². The molecule has 0 spiro atoms. The van der Waals surface area contributed by atoms with Crippen LogP contribution in [0.2, 0.25) is 5.02 Å². The van der Waals surface area contributed by atoms with Crippen molar-refractivity contribution in [3.63, 3.8) is 0 Å². The summed E-state index contributed by atoms with van der Waals surface area (Å²) in [5, 5.41) is 33.8. The van der Waals surface area contributed by atoms with Gasteiger partial charge in [-0.15, -0.1) is 0 Å². The van der Waals surface area contributed by atoms with E-state index in [-0.39, 0.29) is 16.9 Å². The van der Waals surface area contributed by atoms with Crippen LogP contribution >= 0.6 is 11.6 Å². The van der Waals surface area contributed by atoms with Crippen LogP contribution < -0.4 is 10.6 Å². The summed E-state index contributed by atoms with van der Waals surface area (Å²) in [6.07, 6.45) is 0. The molecule has 0 unspecified atom stereocenters. The standard InChI is InChI=1S/C13H10ClNO2.C13H11NO3/c14-9-5-7-10(8-6-9)15-12-4-2-1-3-11(12)13(16)17;15-10-7-5-9(6-8-10)14-12-4-2-1-3-11(12)13(16)17/h1-8,15H,(H,16,17);1-8,14-15H,(H,16,17). The summed E-state index contributed by atoms with van der Waals surface area (Å²) >= 11 is 5.77. The molecule has 0 aliphatic rings. The Morgan fingerprint density at radius 3 is 1.38 bits per heavy atom. The molecular weight excluding hydrogens is 456 g/mol. The number of halogens is 1. The Morgan fingerprint density at radius 1 is 0.588 bits per heavy atom. The van der Waals surface area contributed by atoms with E-state index in [9.17, 15) is 9.59 Å². The lowest BCUT2D eigenvalue weighted by atomic mass is 10.1. The molecule has 5 N–H and O–H groups in total. The maximum Gasteiger partial charge on any atom is 0.337 e. The lowest BCUT2D eigenvalue weighted by Crippen LogP contribution is -2.02. The van der Waals surface area contributed by atoms with E-state index in [1.165, 1.54) is 18.2 Å². The molecule has 7 nitrogen and oxygen atoms in total. The van der Waals surface area contributed by atoms with Crippen molar-refractivity contribution in [3.8, 4) is 5.75 Å². The molecule has 0 radical (unpaired) electrons. The first-order valence-electron chi connectivity index (χ1n) is 10.1. The summed E-state index contributed by atoms with van der Waals surface area (Å²) in [7, 11) is 0. The summed E-state index contributed by atoms with van der Waals surface area (Å²) in [5.74, 6) is -1.77.